The van der Waals surface area contributed by atoms with Gasteiger partial charge in [-0.2, -0.15) is 0 Å². The summed E-state index contributed by atoms with van der Waals surface area (Å²) < 4.78 is 0. The van der Waals surface area contributed by atoms with E-state index >= 15 is 0 Å². The van der Waals surface area contributed by atoms with Crippen molar-refractivity contribution in [1.29, 1.82) is 0 Å². The molecule has 0 radical (unpaired) electrons. The van der Waals surface area contributed by atoms with Crippen molar-refractivity contribution in [2.24, 2.45) is 0 Å². The van der Waals surface area contributed by atoms with Crippen LogP contribution in [0.15, 0.2) is 60.7 Å². The molecule has 0 fully saturated rings. The first-order valence-corrected chi connectivity index (χ1v) is 7.47. The second-order valence-corrected chi connectivity index (χ2v) is 5.23. The second kappa shape index (κ2) is 7.99. The van der Waals surface area contributed by atoms with E-state index in [2.05, 4.69) is 4.89 Å². The lowest BCUT2D eigenvalue weighted by atomic mass is 9.93. The van der Waals surface area contributed by atoms with Crippen molar-refractivity contribution >= 4 is 11.9 Å². The van der Waals surface area contributed by atoms with Gasteiger partial charge in [-0.25, -0.2) is 9.78 Å². The van der Waals surface area contributed by atoms with Crippen LogP contribution in [0.3, 0.4) is 0 Å². The van der Waals surface area contributed by atoms with Gasteiger partial charge >= 0.3 is 0 Å². The highest BCUT2D eigenvalue weighted by molar-refractivity contribution is 6.01. The van der Waals surface area contributed by atoms with Crippen LogP contribution < -0.4 is 0 Å². The van der Waals surface area contributed by atoms with Gasteiger partial charge in [0.25, 0.3) is 5.79 Å². The van der Waals surface area contributed by atoms with Crippen LogP contribution in [0, 0.1) is 0 Å². The van der Waals surface area contributed by atoms with Crippen LogP contribution in [0.5, 0.6) is 0 Å². The third kappa shape index (κ3) is 3.96. The first-order valence-electron chi connectivity index (χ1n) is 7.47. The van der Waals surface area contributed by atoms with Gasteiger partial charge in [-0.05, 0) is 18.1 Å². The molecule has 0 aliphatic heterocycles. The number of hydrogen-bond acceptors (Lipinski definition) is 5. The average Bonchev–Trinajstić information content (AvgIpc) is 2.60. The molecule has 0 spiro atoms. The van der Waals surface area contributed by atoms with E-state index in [1.54, 1.807) is 42.5 Å². The van der Waals surface area contributed by atoms with E-state index in [0.29, 0.717) is 5.56 Å². The smallest absolute Gasteiger partial charge is 0.263 e. The molecule has 0 saturated heterocycles. The third-order valence-electron chi connectivity index (χ3n) is 3.53. The number of allylic oxidation sites excluding steroid dienone is 1. The fraction of sp³-hybridized carbons (Fsp3) is 0.211. The third-order valence-corrected chi connectivity index (χ3v) is 3.53. The Kier molecular flexibility index (Phi) is 6.00. The minimum absolute atomic E-state index is 0.161. The van der Waals surface area contributed by atoms with Gasteiger partial charge in [0.1, 0.15) is 0 Å². The molecule has 0 bridgehead atoms. The van der Waals surface area contributed by atoms with Crippen LogP contribution in [0.25, 0.3) is 6.08 Å². The Bertz CT molecular complexity index is 689. The quantitative estimate of drug-likeness (QED) is 0.354. The number of Topliss-reactive ketones (excluding diaryl/α,β-unsaturated/α-hetero) is 1. The predicted octanol–water partition coefficient (Wildman–Crippen LogP) is 2.90. The molecule has 1 unspecified atom stereocenters. The molecule has 5 heteroatoms. The fourth-order valence-electron chi connectivity index (χ4n) is 2.35. The second-order valence-electron chi connectivity index (χ2n) is 5.23. The van der Waals surface area contributed by atoms with Gasteiger partial charge in [0.15, 0.2) is 6.10 Å². The van der Waals surface area contributed by atoms with Crippen LogP contribution in [-0.2, 0) is 9.78 Å². The molecule has 0 aliphatic carbocycles. The molecule has 5 nitrogen and oxygen atoms in total. The van der Waals surface area contributed by atoms with Crippen molar-refractivity contribution in [3.63, 3.8) is 0 Å². The molecule has 2 aromatic carbocycles. The molecule has 2 aromatic rings. The molecule has 24 heavy (non-hydrogen) atoms. The largest absolute Gasteiger partial charge is 0.357 e. The summed E-state index contributed by atoms with van der Waals surface area (Å²) in [5, 5.41) is 20.9. The van der Waals surface area contributed by atoms with E-state index in [1.807, 2.05) is 19.1 Å². The zero-order valence-electron chi connectivity index (χ0n) is 13.5. The van der Waals surface area contributed by atoms with Crippen LogP contribution >= 0.6 is 0 Å². The monoisotopic (exact) mass is 328 g/mol. The molecule has 2 N–H and O–H groups in total. The summed E-state index contributed by atoms with van der Waals surface area (Å²) in [5.41, 5.74) is 1.47. The van der Waals surface area contributed by atoms with Crippen molar-refractivity contribution in [2.75, 3.05) is 7.11 Å². The zero-order chi connectivity index (χ0) is 17.6. The maximum absolute atomic E-state index is 12.6. The number of hydrogen-bond donors (Lipinski definition) is 2. The SMILES string of the molecule is C/C=C/c1ccc(C(=O)C(O)(O)C(OOC)c2ccccc2)cc1. The van der Waals surface area contributed by atoms with Crippen LogP contribution in [0.4, 0.5) is 0 Å². The van der Waals surface area contributed by atoms with Gasteiger partial charge in [-0.3, -0.25) is 4.79 Å². The summed E-state index contributed by atoms with van der Waals surface area (Å²) in [5.74, 6) is -3.65. The summed E-state index contributed by atoms with van der Waals surface area (Å²) in [4.78, 5) is 22.1. The topological polar surface area (TPSA) is 76.0 Å². The Morgan fingerprint density at radius 2 is 1.71 bits per heavy atom. The van der Waals surface area contributed by atoms with Gasteiger partial charge in [0.05, 0.1) is 7.11 Å². The van der Waals surface area contributed by atoms with E-state index in [9.17, 15) is 15.0 Å². The van der Waals surface area contributed by atoms with Gasteiger partial charge in [-0.15, -0.1) is 0 Å². The summed E-state index contributed by atoms with van der Waals surface area (Å²) >= 11 is 0. The molecule has 0 aromatic heterocycles. The van der Waals surface area contributed by atoms with Gasteiger partial charge < -0.3 is 10.2 Å². The normalized spacial score (nSPS) is 13.2. The highest BCUT2D eigenvalue weighted by Crippen LogP contribution is 2.31. The van der Waals surface area contributed by atoms with Gasteiger partial charge in [-0.1, -0.05) is 66.7 Å². The van der Waals surface area contributed by atoms with E-state index in [4.69, 9.17) is 4.89 Å². The highest BCUT2D eigenvalue weighted by atomic mass is 17.2. The molecule has 0 saturated carbocycles. The van der Waals surface area contributed by atoms with Gasteiger partial charge in [0, 0.05) is 5.56 Å². The predicted molar refractivity (Wildman–Crippen MR) is 89.9 cm³/mol. The molecule has 0 heterocycles. The van der Waals surface area contributed by atoms with E-state index in [0.717, 1.165) is 5.56 Å². The molecule has 1 atom stereocenters. The van der Waals surface area contributed by atoms with E-state index in [-0.39, 0.29) is 5.56 Å². The number of ketones is 1. The van der Waals surface area contributed by atoms with E-state index < -0.39 is 17.7 Å². The summed E-state index contributed by atoms with van der Waals surface area (Å²) in [6, 6.07) is 14.9. The summed E-state index contributed by atoms with van der Waals surface area (Å²) in [6.07, 6.45) is 2.36. The van der Waals surface area contributed by atoms with Crippen molar-refractivity contribution in [3.8, 4) is 0 Å². The Hall–Kier alpha value is -2.31. The van der Waals surface area contributed by atoms with Crippen molar-refractivity contribution in [3.05, 3.63) is 77.4 Å². The van der Waals surface area contributed by atoms with Crippen LogP contribution in [0.2, 0.25) is 0 Å². The number of rotatable bonds is 7. The molecule has 126 valence electrons. The minimum Gasteiger partial charge on any atom is -0.357 e. The maximum atomic E-state index is 12.6. The molecule has 2 rings (SSSR count). The van der Waals surface area contributed by atoms with Crippen LogP contribution in [-0.4, -0.2) is 28.9 Å². The number of benzene rings is 2. The summed E-state index contributed by atoms with van der Waals surface area (Å²) in [7, 11) is 1.24. The Balaban J connectivity index is 2.33. The van der Waals surface area contributed by atoms with Crippen molar-refractivity contribution in [2.45, 2.75) is 18.8 Å². The number of carbonyl (C=O) groups excluding carboxylic acids is 1. The lowest BCUT2D eigenvalue weighted by molar-refractivity contribution is -0.360. The highest BCUT2D eigenvalue weighted by Gasteiger charge is 2.45. The Morgan fingerprint density at radius 1 is 1.08 bits per heavy atom. The summed E-state index contributed by atoms with van der Waals surface area (Å²) in [6.45, 7) is 1.89. The average molecular weight is 328 g/mol. The van der Waals surface area contributed by atoms with Crippen molar-refractivity contribution in [1.82, 2.24) is 0 Å². The Labute approximate surface area is 140 Å². The first-order chi connectivity index (χ1) is 11.5. The maximum Gasteiger partial charge on any atom is 0.263 e. The number of carbonyl (C=O) groups is 1. The lowest BCUT2D eigenvalue weighted by Crippen LogP contribution is -2.45. The first kappa shape index (κ1) is 18.0. The standard InChI is InChI=1S/C19H20O5/c1-3-7-14-10-12-15(13-11-14)17(20)19(21,22)18(24-23-2)16-8-5-4-6-9-16/h3-13,18,21-22H,1-2H3/b7-3+. The molecule has 0 aliphatic rings. The molecule has 0 amide bonds. The Morgan fingerprint density at radius 3 is 2.25 bits per heavy atom. The molecular weight excluding hydrogens is 308 g/mol. The fourth-order valence-corrected chi connectivity index (χ4v) is 2.35. The molecular formula is C19H20O5. The van der Waals surface area contributed by atoms with Crippen molar-refractivity contribution < 1.29 is 24.8 Å². The lowest BCUT2D eigenvalue weighted by Gasteiger charge is -2.28. The van der Waals surface area contributed by atoms with Crippen LogP contribution in [0.1, 0.15) is 34.5 Å². The number of aliphatic hydroxyl groups is 2. The van der Waals surface area contributed by atoms with E-state index in [1.165, 1.54) is 19.2 Å². The zero-order valence-corrected chi connectivity index (χ0v) is 13.5. The minimum atomic E-state index is -2.78. The van der Waals surface area contributed by atoms with Gasteiger partial charge in [0.2, 0.25) is 5.78 Å².